The molecule has 0 saturated heterocycles. The van der Waals surface area contributed by atoms with Crippen molar-refractivity contribution in [1.29, 1.82) is 0 Å². The van der Waals surface area contributed by atoms with Gasteiger partial charge in [0.25, 0.3) is 0 Å². The lowest BCUT2D eigenvalue weighted by Crippen LogP contribution is -2.22. The van der Waals surface area contributed by atoms with Gasteiger partial charge in [0.2, 0.25) is 0 Å². The molecule has 0 spiro atoms. The number of rotatable bonds is 4. The van der Waals surface area contributed by atoms with E-state index >= 15 is 0 Å². The van der Waals surface area contributed by atoms with E-state index in [4.69, 9.17) is 4.74 Å². The SMILES string of the molecule is CC(O)(c1ccc(Br)cc1)c1cccc(OC2CC2)c1. The van der Waals surface area contributed by atoms with E-state index in [1.165, 1.54) is 0 Å². The molecule has 1 fully saturated rings. The van der Waals surface area contributed by atoms with E-state index in [1.807, 2.05) is 55.5 Å². The van der Waals surface area contributed by atoms with Gasteiger partial charge in [0, 0.05) is 4.47 Å². The van der Waals surface area contributed by atoms with E-state index < -0.39 is 5.60 Å². The first-order chi connectivity index (χ1) is 9.55. The lowest BCUT2D eigenvalue weighted by molar-refractivity contribution is 0.102. The second-order valence-corrected chi connectivity index (χ2v) is 6.34. The summed E-state index contributed by atoms with van der Waals surface area (Å²) >= 11 is 3.41. The molecule has 2 aromatic rings. The van der Waals surface area contributed by atoms with Gasteiger partial charge in [0.05, 0.1) is 6.10 Å². The Balaban J connectivity index is 1.90. The molecular formula is C17H17BrO2. The van der Waals surface area contributed by atoms with E-state index in [0.29, 0.717) is 6.10 Å². The molecule has 20 heavy (non-hydrogen) atoms. The molecule has 2 aromatic carbocycles. The van der Waals surface area contributed by atoms with Gasteiger partial charge in [-0.1, -0.05) is 40.2 Å². The highest BCUT2D eigenvalue weighted by atomic mass is 79.9. The molecule has 1 N–H and O–H groups in total. The number of ether oxygens (including phenoxy) is 1. The summed E-state index contributed by atoms with van der Waals surface area (Å²) in [5, 5.41) is 10.9. The van der Waals surface area contributed by atoms with E-state index in [9.17, 15) is 5.11 Å². The van der Waals surface area contributed by atoms with E-state index in [-0.39, 0.29) is 0 Å². The zero-order valence-electron chi connectivity index (χ0n) is 11.3. The molecule has 0 aliphatic heterocycles. The van der Waals surface area contributed by atoms with Crippen LogP contribution in [0.15, 0.2) is 53.0 Å². The third-order valence-electron chi connectivity index (χ3n) is 3.63. The van der Waals surface area contributed by atoms with Gasteiger partial charge >= 0.3 is 0 Å². The largest absolute Gasteiger partial charge is 0.490 e. The van der Waals surface area contributed by atoms with E-state index in [2.05, 4.69) is 15.9 Å². The minimum Gasteiger partial charge on any atom is -0.490 e. The molecule has 0 amide bonds. The Hall–Kier alpha value is -1.32. The van der Waals surface area contributed by atoms with Crippen molar-refractivity contribution < 1.29 is 9.84 Å². The lowest BCUT2D eigenvalue weighted by Gasteiger charge is -2.25. The molecule has 0 aromatic heterocycles. The van der Waals surface area contributed by atoms with Crippen molar-refractivity contribution in [2.24, 2.45) is 0 Å². The van der Waals surface area contributed by atoms with Crippen molar-refractivity contribution in [2.45, 2.75) is 31.5 Å². The third kappa shape index (κ3) is 2.89. The first-order valence-electron chi connectivity index (χ1n) is 6.81. The average molecular weight is 333 g/mol. The fourth-order valence-electron chi connectivity index (χ4n) is 2.19. The quantitative estimate of drug-likeness (QED) is 0.907. The summed E-state index contributed by atoms with van der Waals surface area (Å²) < 4.78 is 6.80. The van der Waals surface area contributed by atoms with E-state index in [1.54, 1.807) is 0 Å². The Morgan fingerprint density at radius 3 is 2.45 bits per heavy atom. The molecule has 0 heterocycles. The zero-order valence-corrected chi connectivity index (χ0v) is 12.9. The number of halogens is 1. The predicted molar refractivity (Wildman–Crippen MR) is 82.9 cm³/mol. The van der Waals surface area contributed by atoms with Crippen LogP contribution in [0.5, 0.6) is 5.75 Å². The number of hydrogen-bond donors (Lipinski definition) is 1. The standard InChI is InChI=1S/C17H17BrO2/c1-17(19,12-5-7-14(18)8-6-12)13-3-2-4-16(11-13)20-15-9-10-15/h2-8,11,15,19H,9-10H2,1H3. The van der Waals surface area contributed by atoms with Crippen molar-refractivity contribution in [3.05, 3.63) is 64.1 Å². The average Bonchev–Trinajstić information content (AvgIpc) is 3.23. The first-order valence-corrected chi connectivity index (χ1v) is 7.60. The number of aliphatic hydroxyl groups is 1. The van der Waals surface area contributed by atoms with Gasteiger partial charge in [-0.15, -0.1) is 0 Å². The van der Waals surface area contributed by atoms with Crippen LogP contribution in [0.1, 0.15) is 30.9 Å². The molecule has 1 atom stereocenters. The molecule has 0 bridgehead atoms. The lowest BCUT2D eigenvalue weighted by atomic mass is 9.88. The van der Waals surface area contributed by atoms with Crippen LogP contribution in [-0.4, -0.2) is 11.2 Å². The summed E-state index contributed by atoms with van der Waals surface area (Å²) in [5.41, 5.74) is 0.686. The molecule has 1 aliphatic carbocycles. The Morgan fingerprint density at radius 1 is 1.10 bits per heavy atom. The minimum atomic E-state index is -1.02. The molecule has 2 nitrogen and oxygen atoms in total. The topological polar surface area (TPSA) is 29.5 Å². The summed E-state index contributed by atoms with van der Waals surface area (Å²) in [7, 11) is 0. The molecule has 1 unspecified atom stereocenters. The van der Waals surface area contributed by atoms with Crippen molar-refractivity contribution in [2.75, 3.05) is 0 Å². The van der Waals surface area contributed by atoms with Gasteiger partial charge in [0.1, 0.15) is 11.4 Å². The second kappa shape index (κ2) is 5.23. The predicted octanol–water partition coefficient (Wildman–Crippen LogP) is 4.25. The van der Waals surface area contributed by atoms with Gasteiger partial charge in [-0.05, 0) is 55.2 Å². The molecular weight excluding hydrogens is 316 g/mol. The highest BCUT2D eigenvalue weighted by Crippen LogP contribution is 2.33. The number of hydrogen-bond acceptors (Lipinski definition) is 2. The van der Waals surface area contributed by atoms with Gasteiger partial charge in [-0.3, -0.25) is 0 Å². The Morgan fingerprint density at radius 2 is 1.80 bits per heavy atom. The molecule has 104 valence electrons. The van der Waals surface area contributed by atoms with Gasteiger partial charge in [0.15, 0.2) is 0 Å². The van der Waals surface area contributed by atoms with Crippen molar-refractivity contribution >= 4 is 15.9 Å². The van der Waals surface area contributed by atoms with Crippen LogP contribution in [0.4, 0.5) is 0 Å². The Kier molecular flexibility index (Phi) is 3.57. The van der Waals surface area contributed by atoms with Crippen LogP contribution in [-0.2, 0) is 5.60 Å². The normalized spacial score (nSPS) is 17.6. The molecule has 3 heteroatoms. The maximum absolute atomic E-state index is 10.9. The van der Waals surface area contributed by atoms with Crippen molar-refractivity contribution in [3.8, 4) is 5.75 Å². The van der Waals surface area contributed by atoms with Crippen LogP contribution in [0.3, 0.4) is 0 Å². The van der Waals surface area contributed by atoms with Crippen LogP contribution in [0.2, 0.25) is 0 Å². The smallest absolute Gasteiger partial charge is 0.120 e. The van der Waals surface area contributed by atoms with E-state index in [0.717, 1.165) is 34.2 Å². The van der Waals surface area contributed by atoms with Gasteiger partial charge in [-0.2, -0.15) is 0 Å². The van der Waals surface area contributed by atoms with Crippen molar-refractivity contribution in [1.82, 2.24) is 0 Å². The fraction of sp³-hybridized carbons (Fsp3) is 0.294. The highest BCUT2D eigenvalue weighted by Gasteiger charge is 2.27. The third-order valence-corrected chi connectivity index (χ3v) is 4.16. The van der Waals surface area contributed by atoms with Crippen LogP contribution in [0.25, 0.3) is 0 Å². The Bertz CT molecular complexity index is 601. The summed E-state index contributed by atoms with van der Waals surface area (Å²) in [6.45, 7) is 1.81. The minimum absolute atomic E-state index is 0.364. The summed E-state index contributed by atoms with van der Waals surface area (Å²) in [6, 6.07) is 15.5. The second-order valence-electron chi connectivity index (χ2n) is 5.42. The van der Waals surface area contributed by atoms with Crippen LogP contribution >= 0.6 is 15.9 Å². The molecule has 1 saturated carbocycles. The number of benzene rings is 2. The molecule has 0 radical (unpaired) electrons. The first kappa shape index (κ1) is 13.7. The fourth-order valence-corrected chi connectivity index (χ4v) is 2.46. The highest BCUT2D eigenvalue weighted by molar-refractivity contribution is 9.10. The molecule has 3 rings (SSSR count). The Labute approximate surface area is 127 Å². The summed E-state index contributed by atoms with van der Waals surface area (Å²) in [5.74, 6) is 0.836. The molecule has 1 aliphatic rings. The van der Waals surface area contributed by atoms with Crippen molar-refractivity contribution in [3.63, 3.8) is 0 Å². The monoisotopic (exact) mass is 332 g/mol. The van der Waals surface area contributed by atoms with Gasteiger partial charge < -0.3 is 9.84 Å². The zero-order chi connectivity index (χ0) is 14.2. The van der Waals surface area contributed by atoms with Crippen LogP contribution < -0.4 is 4.74 Å². The maximum Gasteiger partial charge on any atom is 0.120 e. The summed E-state index contributed by atoms with van der Waals surface area (Å²) in [4.78, 5) is 0. The van der Waals surface area contributed by atoms with Gasteiger partial charge in [-0.25, -0.2) is 0 Å². The summed E-state index contributed by atoms with van der Waals surface area (Å²) in [6.07, 6.45) is 2.63. The maximum atomic E-state index is 10.9. The van der Waals surface area contributed by atoms with Crippen LogP contribution in [0, 0.1) is 0 Å².